The molecular formula is C6H8FN3O2. The van der Waals surface area contributed by atoms with E-state index >= 15 is 0 Å². The van der Waals surface area contributed by atoms with Crippen molar-refractivity contribution in [2.45, 2.75) is 13.5 Å². The molecule has 0 atom stereocenters. The van der Waals surface area contributed by atoms with E-state index in [0.29, 0.717) is 5.56 Å². The topological polar surface area (TPSA) is 61.0 Å². The van der Waals surface area contributed by atoms with Crippen molar-refractivity contribution in [1.29, 1.82) is 0 Å². The number of hydrogen-bond donors (Lipinski definition) is 0. The van der Waals surface area contributed by atoms with Gasteiger partial charge in [0.25, 0.3) is 0 Å². The van der Waals surface area contributed by atoms with Crippen molar-refractivity contribution in [2.24, 2.45) is 0 Å². The molecule has 0 aromatic carbocycles. The molecule has 0 radical (unpaired) electrons. The van der Waals surface area contributed by atoms with Crippen LogP contribution in [0.3, 0.4) is 0 Å². The molecule has 66 valence electrons. The van der Waals surface area contributed by atoms with Gasteiger partial charge in [0.05, 0.1) is 11.8 Å². The molecule has 0 spiro atoms. The van der Waals surface area contributed by atoms with Crippen LogP contribution in [0.5, 0.6) is 0 Å². The first-order valence-corrected chi connectivity index (χ1v) is 3.39. The number of aromatic nitrogens is 2. The second-order valence-corrected chi connectivity index (χ2v) is 2.32. The molecule has 1 rings (SSSR count). The molecule has 1 aromatic rings. The molecule has 0 fully saturated rings. The number of halogens is 1. The van der Waals surface area contributed by atoms with Gasteiger partial charge < -0.3 is 10.1 Å². The van der Waals surface area contributed by atoms with Crippen LogP contribution < -0.4 is 0 Å². The predicted octanol–water partition coefficient (Wildman–Crippen LogP) is 1.07. The summed E-state index contributed by atoms with van der Waals surface area (Å²) in [5, 5.41) is 14.1. The lowest BCUT2D eigenvalue weighted by molar-refractivity contribution is -0.393. The summed E-state index contributed by atoms with van der Waals surface area (Å²) in [6.45, 7) is 0.853. The second kappa shape index (κ2) is 3.29. The fourth-order valence-electron chi connectivity index (χ4n) is 0.954. The molecule has 0 saturated heterocycles. The Kier molecular flexibility index (Phi) is 2.37. The average molecular weight is 173 g/mol. The van der Waals surface area contributed by atoms with Gasteiger partial charge in [-0.3, -0.25) is 0 Å². The van der Waals surface area contributed by atoms with E-state index in [0.717, 1.165) is 4.68 Å². The van der Waals surface area contributed by atoms with E-state index in [1.165, 1.54) is 6.20 Å². The fraction of sp³-hybridized carbons (Fsp3) is 0.500. The first kappa shape index (κ1) is 8.63. The summed E-state index contributed by atoms with van der Waals surface area (Å²) < 4.78 is 12.9. The van der Waals surface area contributed by atoms with Crippen LogP contribution in [-0.4, -0.2) is 21.4 Å². The van der Waals surface area contributed by atoms with Gasteiger partial charge >= 0.3 is 5.82 Å². The molecule has 5 nitrogen and oxygen atoms in total. The highest BCUT2D eigenvalue weighted by Gasteiger charge is 2.17. The van der Waals surface area contributed by atoms with Gasteiger partial charge in [-0.15, -0.1) is 4.68 Å². The maximum absolute atomic E-state index is 11.8. The van der Waals surface area contributed by atoms with Crippen molar-refractivity contribution in [3.63, 3.8) is 0 Å². The zero-order valence-corrected chi connectivity index (χ0v) is 6.53. The van der Waals surface area contributed by atoms with E-state index in [1.807, 2.05) is 0 Å². The zero-order chi connectivity index (χ0) is 9.14. The largest absolute Gasteiger partial charge is 0.358 e. The van der Waals surface area contributed by atoms with Crippen molar-refractivity contribution in [3.05, 3.63) is 21.9 Å². The number of hydrogen-bond acceptors (Lipinski definition) is 3. The Morgan fingerprint density at radius 1 is 1.83 bits per heavy atom. The average Bonchev–Trinajstić information content (AvgIpc) is 2.32. The van der Waals surface area contributed by atoms with E-state index in [1.54, 1.807) is 6.92 Å². The number of rotatable bonds is 3. The molecule has 6 heteroatoms. The molecule has 0 aliphatic carbocycles. The summed E-state index contributed by atoms with van der Waals surface area (Å²) in [6.07, 6.45) is 1.35. The number of aryl methyl sites for hydroxylation is 2. The molecule has 1 aromatic heterocycles. The molecule has 0 amide bonds. The van der Waals surface area contributed by atoms with Crippen LogP contribution in [0.2, 0.25) is 0 Å². The number of nitrogens with zero attached hydrogens (tertiary/aromatic N) is 3. The molecule has 0 aliphatic heterocycles. The fourth-order valence-corrected chi connectivity index (χ4v) is 0.954. The molecule has 12 heavy (non-hydrogen) atoms. The third-order valence-corrected chi connectivity index (χ3v) is 1.46. The van der Waals surface area contributed by atoms with Crippen molar-refractivity contribution < 1.29 is 9.31 Å². The van der Waals surface area contributed by atoms with Gasteiger partial charge in [-0.25, -0.2) is 4.39 Å². The maximum atomic E-state index is 11.8. The van der Waals surface area contributed by atoms with Gasteiger partial charge in [0.1, 0.15) is 13.2 Å². The summed E-state index contributed by atoms with van der Waals surface area (Å²) in [7, 11) is 0. The molecule has 0 bridgehead atoms. The van der Waals surface area contributed by atoms with Gasteiger partial charge in [-0.05, 0) is 11.8 Å². The van der Waals surface area contributed by atoms with Crippen molar-refractivity contribution in [1.82, 2.24) is 9.78 Å². The smallest absolute Gasteiger partial charge is 0.347 e. The van der Waals surface area contributed by atoms with Gasteiger partial charge in [0, 0.05) is 0 Å². The summed E-state index contributed by atoms with van der Waals surface area (Å²) in [5.41, 5.74) is 0.452. The Morgan fingerprint density at radius 2 is 2.50 bits per heavy atom. The van der Waals surface area contributed by atoms with Gasteiger partial charge in [-0.2, -0.15) is 0 Å². The SMILES string of the molecule is Cc1cnn(CCF)c1[N+](=O)[O-]. The van der Waals surface area contributed by atoms with E-state index < -0.39 is 11.6 Å². The minimum absolute atomic E-state index is 0.0653. The van der Waals surface area contributed by atoms with E-state index in [4.69, 9.17) is 0 Å². The molecule has 0 aliphatic rings. The van der Waals surface area contributed by atoms with Crippen LogP contribution in [-0.2, 0) is 6.54 Å². The molecular weight excluding hydrogens is 165 g/mol. The number of alkyl halides is 1. The Balaban J connectivity index is 3.04. The minimum atomic E-state index is -0.651. The summed E-state index contributed by atoms with van der Waals surface area (Å²) in [6, 6.07) is 0. The van der Waals surface area contributed by atoms with Crippen molar-refractivity contribution in [3.8, 4) is 0 Å². The third kappa shape index (κ3) is 1.41. The quantitative estimate of drug-likeness (QED) is 0.507. The zero-order valence-electron chi connectivity index (χ0n) is 6.53. The van der Waals surface area contributed by atoms with Gasteiger partial charge in [0.2, 0.25) is 0 Å². The first-order chi connectivity index (χ1) is 5.66. The first-order valence-electron chi connectivity index (χ1n) is 3.39. The molecule has 1 heterocycles. The second-order valence-electron chi connectivity index (χ2n) is 2.32. The highest BCUT2D eigenvalue weighted by atomic mass is 19.1. The monoisotopic (exact) mass is 173 g/mol. The van der Waals surface area contributed by atoms with Crippen LogP contribution in [0.15, 0.2) is 6.20 Å². The van der Waals surface area contributed by atoms with Gasteiger partial charge in [0.15, 0.2) is 0 Å². The van der Waals surface area contributed by atoms with Crippen molar-refractivity contribution in [2.75, 3.05) is 6.67 Å². The van der Waals surface area contributed by atoms with Crippen LogP contribution in [0.1, 0.15) is 5.56 Å². The lowest BCUT2D eigenvalue weighted by Gasteiger charge is -1.96. The van der Waals surface area contributed by atoms with Crippen molar-refractivity contribution >= 4 is 5.82 Å². The van der Waals surface area contributed by atoms with E-state index in [-0.39, 0.29) is 12.4 Å². The third-order valence-electron chi connectivity index (χ3n) is 1.46. The molecule has 0 saturated carbocycles. The highest BCUT2D eigenvalue weighted by molar-refractivity contribution is 5.29. The Labute approximate surface area is 68.0 Å². The highest BCUT2D eigenvalue weighted by Crippen LogP contribution is 2.15. The van der Waals surface area contributed by atoms with E-state index in [2.05, 4.69) is 5.10 Å². The Morgan fingerprint density at radius 3 is 3.00 bits per heavy atom. The van der Waals surface area contributed by atoms with Crippen LogP contribution in [0.4, 0.5) is 10.2 Å². The van der Waals surface area contributed by atoms with Gasteiger partial charge in [-0.1, -0.05) is 5.10 Å². The van der Waals surface area contributed by atoms with Crippen LogP contribution in [0.25, 0.3) is 0 Å². The van der Waals surface area contributed by atoms with Crippen LogP contribution >= 0.6 is 0 Å². The number of nitro groups is 1. The lowest BCUT2D eigenvalue weighted by Crippen LogP contribution is -2.06. The standard InChI is InChI=1S/C6H8FN3O2/c1-5-4-8-9(3-2-7)6(5)10(11)12/h4H,2-3H2,1H3. The summed E-state index contributed by atoms with van der Waals surface area (Å²) in [4.78, 5) is 9.84. The molecule has 0 unspecified atom stereocenters. The minimum Gasteiger partial charge on any atom is -0.358 e. The maximum Gasteiger partial charge on any atom is 0.347 e. The lowest BCUT2D eigenvalue weighted by atomic mass is 10.4. The summed E-state index contributed by atoms with van der Waals surface area (Å²) in [5.74, 6) is -0.132. The predicted molar refractivity (Wildman–Crippen MR) is 39.6 cm³/mol. The van der Waals surface area contributed by atoms with E-state index in [9.17, 15) is 14.5 Å². The van der Waals surface area contributed by atoms with Crippen LogP contribution in [0, 0.1) is 17.0 Å². The normalized spacial score (nSPS) is 10.2. The molecule has 0 N–H and O–H groups in total. The Hall–Kier alpha value is -1.46. The summed E-state index contributed by atoms with van der Waals surface area (Å²) >= 11 is 0. The Bertz CT molecular complexity index is 297.